The third kappa shape index (κ3) is 3.71. The van der Waals surface area contributed by atoms with Crippen molar-refractivity contribution < 1.29 is 9.59 Å². The first-order chi connectivity index (χ1) is 11.0. The van der Waals surface area contributed by atoms with Crippen molar-refractivity contribution in [1.82, 2.24) is 15.8 Å². The van der Waals surface area contributed by atoms with Crippen molar-refractivity contribution in [2.24, 2.45) is 5.92 Å². The molecule has 23 heavy (non-hydrogen) atoms. The summed E-state index contributed by atoms with van der Waals surface area (Å²) in [5.41, 5.74) is 6.42. The molecular weight excluding hydrogens is 334 g/mol. The summed E-state index contributed by atoms with van der Waals surface area (Å²) in [4.78, 5) is 29.8. The zero-order valence-electron chi connectivity index (χ0n) is 12.6. The number of hydrogen-bond donors (Lipinski definition) is 2. The van der Waals surface area contributed by atoms with Gasteiger partial charge in [-0.25, -0.2) is 4.98 Å². The Morgan fingerprint density at radius 2 is 2.09 bits per heavy atom. The summed E-state index contributed by atoms with van der Waals surface area (Å²) in [5, 5.41) is 0.309. The number of hydrazine groups is 1. The van der Waals surface area contributed by atoms with Crippen LogP contribution in [0.25, 0.3) is 0 Å². The molecule has 2 heterocycles. The maximum Gasteiger partial charge on any atom is 0.279 e. The fraction of sp³-hybridized carbons (Fsp3) is 0.312. The van der Waals surface area contributed by atoms with E-state index in [-0.39, 0.29) is 5.91 Å². The van der Waals surface area contributed by atoms with Crippen LogP contribution in [0, 0.1) is 5.92 Å². The van der Waals surface area contributed by atoms with Gasteiger partial charge in [-0.1, -0.05) is 18.5 Å². The van der Waals surface area contributed by atoms with Crippen LogP contribution in [0.4, 0.5) is 0 Å². The van der Waals surface area contributed by atoms with Gasteiger partial charge in [-0.05, 0) is 48.9 Å². The molecule has 0 aromatic carbocycles. The lowest BCUT2D eigenvalue weighted by molar-refractivity contribution is 0.0848. The predicted octanol–water partition coefficient (Wildman–Crippen LogP) is 3.00. The summed E-state index contributed by atoms with van der Waals surface area (Å²) in [7, 11) is 0. The Kier molecular flexibility index (Phi) is 4.63. The number of aromatic nitrogens is 1. The Balaban J connectivity index is 1.61. The summed E-state index contributed by atoms with van der Waals surface area (Å²) >= 11 is 7.17. The number of fused-ring (bicyclic) bond motifs is 1. The number of aryl methyl sites for hydroxylation is 1. The van der Waals surface area contributed by atoms with Crippen LogP contribution in [0.5, 0.6) is 0 Å². The van der Waals surface area contributed by atoms with Crippen LogP contribution in [0.3, 0.4) is 0 Å². The SMILES string of the molecule is CC1CCc2sc(C(=O)NNC(=O)c3ccc(Cl)nc3)cc2C1. The van der Waals surface area contributed by atoms with Gasteiger partial charge in [0.05, 0.1) is 10.4 Å². The van der Waals surface area contributed by atoms with E-state index in [2.05, 4.69) is 22.8 Å². The molecule has 0 aliphatic heterocycles. The van der Waals surface area contributed by atoms with Crippen molar-refractivity contribution in [3.05, 3.63) is 50.4 Å². The molecule has 2 N–H and O–H groups in total. The van der Waals surface area contributed by atoms with Crippen LogP contribution < -0.4 is 10.9 Å². The summed E-state index contributed by atoms with van der Waals surface area (Å²) in [6.07, 6.45) is 4.56. The zero-order valence-corrected chi connectivity index (χ0v) is 14.1. The summed E-state index contributed by atoms with van der Waals surface area (Å²) in [5.74, 6) is -0.0742. The number of nitrogens with zero attached hydrogens (tertiary/aromatic N) is 1. The zero-order chi connectivity index (χ0) is 16.4. The molecule has 1 aliphatic rings. The first-order valence-electron chi connectivity index (χ1n) is 7.36. The summed E-state index contributed by atoms with van der Waals surface area (Å²) < 4.78 is 0. The van der Waals surface area contributed by atoms with E-state index in [0.717, 1.165) is 19.3 Å². The molecule has 2 amide bonds. The molecule has 1 atom stereocenters. The fourth-order valence-electron chi connectivity index (χ4n) is 2.58. The van der Waals surface area contributed by atoms with Gasteiger partial charge in [-0.15, -0.1) is 11.3 Å². The van der Waals surface area contributed by atoms with Gasteiger partial charge >= 0.3 is 0 Å². The maximum atomic E-state index is 12.2. The lowest BCUT2D eigenvalue weighted by Gasteiger charge is -2.16. The van der Waals surface area contributed by atoms with Crippen molar-refractivity contribution in [2.75, 3.05) is 0 Å². The maximum absolute atomic E-state index is 12.2. The van der Waals surface area contributed by atoms with E-state index in [1.165, 1.54) is 34.0 Å². The molecule has 0 bridgehead atoms. The number of hydrogen-bond acceptors (Lipinski definition) is 4. The first kappa shape index (κ1) is 16.0. The molecule has 0 spiro atoms. The largest absolute Gasteiger partial charge is 0.279 e. The molecule has 0 fully saturated rings. The average molecular weight is 350 g/mol. The molecule has 2 aromatic heterocycles. The highest BCUT2D eigenvalue weighted by molar-refractivity contribution is 7.14. The Hall–Kier alpha value is -1.92. The average Bonchev–Trinajstić information content (AvgIpc) is 2.96. The number of amides is 2. The number of nitrogens with one attached hydrogen (secondary N) is 2. The third-order valence-electron chi connectivity index (χ3n) is 3.83. The number of pyridine rings is 1. The molecule has 7 heteroatoms. The quantitative estimate of drug-likeness (QED) is 0.646. The van der Waals surface area contributed by atoms with Crippen molar-refractivity contribution in [3.8, 4) is 0 Å². The molecule has 2 aromatic rings. The number of rotatable bonds is 2. The highest BCUT2D eigenvalue weighted by Crippen LogP contribution is 2.32. The molecule has 0 saturated heterocycles. The lowest BCUT2D eigenvalue weighted by Crippen LogP contribution is -2.41. The highest BCUT2D eigenvalue weighted by Gasteiger charge is 2.21. The van der Waals surface area contributed by atoms with Crippen LogP contribution in [-0.2, 0) is 12.8 Å². The van der Waals surface area contributed by atoms with E-state index in [1.54, 1.807) is 6.07 Å². The molecule has 0 radical (unpaired) electrons. The van der Waals surface area contributed by atoms with Crippen LogP contribution >= 0.6 is 22.9 Å². The van der Waals surface area contributed by atoms with Crippen LogP contribution in [0.1, 0.15) is 43.8 Å². The van der Waals surface area contributed by atoms with Gasteiger partial charge in [0.25, 0.3) is 11.8 Å². The van der Waals surface area contributed by atoms with Crippen molar-refractivity contribution in [1.29, 1.82) is 0 Å². The highest BCUT2D eigenvalue weighted by atomic mass is 35.5. The Morgan fingerprint density at radius 3 is 2.83 bits per heavy atom. The van der Waals surface area contributed by atoms with E-state index in [1.807, 2.05) is 6.07 Å². The molecular formula is C16H16ClN3O2S. The van der Waals surface area contributed by atoms with Crippen LogP contribution in [0.2, 0.25) is 5.15 Å². The van der Waals surface area contributed by atoms with E-state index in [9.17, 15) is 9.59 Å². The van der Waals surface area contributed by atoms with E-state index >= 15 is 0 Å². The minimum absolute atomic E-state index is 0.299. The molecule has 120 valence electrons. The second-order valence-electron chi connectivity index (χ2n) is 5.68. The summed E-state index contributed by atoms with van der Waals surface area (Å²) in [6.45, 7) is 2.22. The van der Waals surface area contributed by atoms with Gasteiger partial charge < -0.3 is 0 Å². The number of halogens is 1. The second kappa shape index (κ2) is 6.68. The van der Waals surface area contributed by atoms with Gasteiger partial charge in [0.2, 0.25) is 0 Å². The predicted molar refractivity (Wildman–Crippen MR) is 89.7 cm³/mol. The van der Waals surface area contributed by atoms with Crippen molar-refractivity contribution in [2.45, 2.75) is 26.2 Å². The molecule has 1 aliphatic carbocycles. The van der Waals surface area contributed by atoms with Gasteiger partial charge in [-0.3, -0.25) is 20.4 Å². The normalized spacial score (nSPS) is 16.5. The minimum atomic E-state index is -0.433. The second-order valence-corrected chi connectivity index (χ2v) is 7.21. The first-order valence-corrected chi connectivity index (χ1v) is 8.56. The monoisotopic (exact) mass is 349 g/mol. The van der Waals surface area contributed by atoms with E-state index < -0.39 is 5.91 Å². The Morgan fingerprint density at radius 1 is 1.30 bits per heavy atom. The number of carbonyl (C=O) groups is 2. The number of carbonyl (C=O) groups excluding carboxylic acids is 2. The smallest absolute Gasteiger partial charge is 0.267 e. The van der Waals surface area contributed by atoms with E-state index in [4.69, 9.17) is 11.6 Å². The molecule has 0 saturated carbocycles. The fourth-order valence-corrected chi connectivity index (χ4v) is 3.79. The standard InChI is InChI=1S/C16H16ClN3O2S/c1-9-2-4-12-11(6-9)7-13(23-12)16(22)20-19-15(21)10-3-5-14(17)18-8-10/h3,5,7-9H,2,4,6H2,1H3,(H,19,21)(H,20,22). The Bertz CT molecular complexity index is 742. The summed E-state index contributed by atoms with van der Waals surface area (Å²) in [6, 6.07) is 5.00. The van der Waals surface area contributed by atoms with Gasteiger partial charge in [0, 0.05) is 11.1 Å². The minimum Gasteiger partial charge on any atom is -0.267 e. The van der Waals surface area contributed by atoms with E-state index in [0.29, 0.717) is 21.5 Å². The Labute approximate surface area is 143 Å². The topological polar surface area (TPSA) is 71.1 Å². The van der Waals surface area contributed by atoms with Crippen LogP contribution in [-0.4, -0.2) is 16.8 Å². The van der Waals surface area contributed by atoms with Crippen LogP contribution in [0.15, 0.2) is 24.4 Å². The molecule has 1 unspecified atom stereocenters. The third-order valence-corrected chi connectivity index (χ3v) is 5.29. The van der Waals surface area contributed by atoms with Gasteiger partial charge in [0.1, 0.15) is 5.15 Å². The number of thiophene rings is 1. The lowest BCUT2D eigenvalue weighted by atomic mass is 9.90. The van der Waals surface area contributed by atoms with Gasteiger partial charge in [-0.2, -0.15) is 0 Å². The molecule has 3 rings (SSSR count). The molecule has 5 nitrogen and oxygen atoms in total. The van der Waals surface area contributed by atoms with Crippen molar-refractivity contribution in [3.63, 3.8) is 0 Å². The van der Waals surface area contributed by atoms with Crippen molar-refractivity contribution >= 4 is 34.8 Å². The van der Waals surface area contributed by atoms with Gasteiger partial charge in [0.15, 0.2) is 0 Å².